The average molecular weight is 538 g/mol. The number of carbonyl (C=O) groups is 3. The van der Waals surface area contributed by atoms with E-state index in [-0.39, 0.29) is 23.8 Å². The second-order valence-corrected chi connectivity index (χ2v) is 12.0. The van der Waals surface area contributed by atoms with Gasteiger partial charge in [-0.3, -0.25) is 14.4 Å². The highest BCUT2D eigenvalue weighted by atomic mass is 16.5. The van der Waals surface area contributed by atoms with Crippen molar-refractivity contribution in [2.45, 2.75) is 84.1 Å². The molecule has 1 spiro atoms. The Balaban J connectivity index is 1.41. The number of anilines is 1. The third kappa shape index (κ3) is 4.91. The summed E-state index contributed by atoms with van der Waals surface area (Å²) in [7, 11) is 0. The van der Waals surface area contributed by atoms with Gasteiger partial charge in [0.2, 0.25) is 17.7 Å². The Hall–Kier alpha value is -2.71. The molecule has 0 aromatic heterocycles. The lowest BCUT2D eigenvalue weighted by Crippen LogP contribution is -2.58. The van der Waals surface area contributed by atoms with Crippen molar-refractivity contribution in [1.29, 1.82) is 0 Å². The molecule has 0 radical (unpaired) electrons. The number of aryl methyl sites for hydroxylation is 2. The molecule has 3 fully saturated rings. The quantitative estimate of drug-likeness (QED) is 0.369. The van der Waals surface area contributed by atoms with Gasteiger partial charge in [0.05, 0.1) is 17.9 Å². The Morgan fingerprint density at radius 2 is 1.95 bits per heavy atom. The molecule has 1 aromatic rings. The molecule has 1 aromatic carbocycles. The van der Waals surface area contributed by atoms with Crippen molar-refractivity contribution in [3.63, 3.8) is 0 Å². The first-order chi connectivity index (χ1) is 18.7. The predicted molar refractivity (Wildman–Crippen MR) is 149 cm³/mol. The largest absolute Gasteiger partial charge is 0.382 e. The summed E-state index contributed by atoms with van der Waals surface area (Å²) in [5.41, 5.74) is 1.76. The van der Waals surface area contributed by atoms with Gasteiger partial charge in [-0.15, -0.1) is 0 Å². The van der Waals surface area contributed by atoms with Crippen molar-refractivity contribution in [2.24, 2.45) is 23.7 Å². The smallest absolute Gasteiger partial charge is 0.246 e. The Morgan fingerprint density at radius 3 is 2.69 bits per heavy atom. The fraction of sp³-hybridized carbons (Fsp3) is 0.645. The van der Waals surface area contributed by atoms with Gasteiger partial charge >= 0.3 is 0 Å². The molecule has 2 N–H and O–H groups in total. The minimum absolute atomic E-state index is 0.0588. The van der Waals surface area contributed by atoms with Crippen LogP contribution in [0.3, 0.4) is 0 Å². The maximum atomic E-state index is 14.0. The minimum Gasteiger partial charge on any atom is -0.382 e. The normalized spacial score (nSPS) is 34.8. The lowest BCUT2D eigenvalue weighted by atomic mass is 9.73. The summed E-state index contributed by atoms with van der Waals surface area (Å²) in [6.45, 7) is 11.9. The zero-order chi connectivity index (χ0) is 27.9. The number of nitrogens with one attached hydrogen (secondary N) is 2. The standard InChI is InChI=1S/C31H43N3O5/c1-6-38-16-8-15-34-27(29(36)33-23-10-7-9-19(3)21(23)5)31-14-13-24(39-31)25(26(31)30(34)37)28(35)32-22-12-11-18(2)20(4)17-22/h11-14,17,19,21,23-27H,6-10,15-16H2,1-5H3,(H,32,35)(H,33,36)/t19-,21+,23+,24-,25+,26-,27-,31-/m0/s1. The monoisotopic (exact) mass is 537 g/mol. The van der Waals surface area contributed by atoms with Crippen molar-refractivity contribution < 1.29 is 23.9 Å². The average Bonchev–Trinajstić information content (AvgIpc) is 3.54. The first kappa shape index (κ1) is 27.8. The van der Waals surface area contributed by atoms with E-state index in [1.165, 1.54) is 0 Å². The summed E-state index contributed by atoms with van der Waals surface area (Å²) in [5.74, 6) is -1.20. The van der Waals surface area contributed by atoms with Crippen molar-refractivity contribution in [1.82, 2.24) is 10.2 Å². The number of hydrogen-bond donors (Lipinski definition) is 2. The molecular weight excluding hydrogens is 494 g/mol. The van der Waals surface area contributed by atoms with Crippen LogP contribution in [0.5, 0.6) is 0 Å². The maximum Gasteiger partial charge on any atom is 0.246 e. The fourth-order valence-electron chi connectivity index (χ4n) is 7.08. The molecule has 0 unspecified atom stereocenters. The lowest BCUT2D eigenvalue weighted by molar-refractivity contribution is -0.141. The SMILES string of the molecule is CCOCCCN1C(=O)[C@@H]2[C@H](C(=O)Nc3ccc(C)c(C)c3)[C@@H]3C=C[C@@]2(O3)[C@@H]1C(=O)N[C@@H]1CCC[C@H](C)[C@H]1C. The number of amides is 3. The van der Waals surface area contributed by atoms with Gasteiger partial charge in [0.15, 0.2) is 0 Å². The predicted octanol–water partition coefficient (Wildman–Crippen LogP) is 3.76. The summed E-state index contributed by atoms with van der Waals surface area (Å²) in [5, 5.41) is 6.32. The van der Waals surface area contributed by atoms with Crippen LogP contribution < -0.4 is 10.6 Å². The fourth-order valence-corrected chi connectivity index (χ4v) is 7.08. The molecule has 1 aliphatic carbocycles. The van der Waals surface area contributed by atoms with Crippen LogP contribution in [0.25, 0.3) is 0 Å². The maximum absolute atomic E-state index is 14.0. The zero-order valence-electron chi connectivity index (χ0n) is 23.9. The minimum atomic E-state index is -1.15. The molecule has 8 nitrogen and oxygen atoms in total. The second kappa shape index (κ2) is 11.0. The van der Waals surface area contributed by atoms with E-state index in [4.69, 9.17) is 9.47 Å². The molecule has 4 aliphatic rings. The number of nitrogens with zero attached hydrogens (tertiary/aromatic N) is 1. The molecule has 3 heterocycles. The lowest BCUT2D eigenvalue weighted by Gasteiger charge is -2.38. The summed E-state index contributed by atoms with van der Waals surface area (Å²) in [6.07, 6.45) is 6.97. The van der Waals surface area contributed by atoms with Crippen molar-refractivity contribution in [3.8, 4) is 0 Å². The van der Waals surface area contributed by atoms with Crippen molar-refractivity contribution in [3.05, 3.63) is 41.5 Å². The van der Waals surface area contributed by atoms with Gasteiger partial charge in [-0.25, -0.2) is 0 Å². The third-order valence-electron chi connectivity index (χ3n) is 9.63. The Kier molecular flexibility index (Phi) is 7.89. The molecule has 8 atom stereocenters. The summed E-state index contributed by atoms with van der Waals surface area (Å²) >= 11 is 0. The Morgan fingerprint density at radius 1 is 1.15 bits per heavy atom. The van der Waals surface area contributed by atoms with Gasteiger partial charge in [0.1, 0.15) is 11.6 Å². The van der Waals surface area contributed by atoms with Crippen LogP contribution in [-0.2, 0) is 23.9 Å². The van der Waals surface area contributed by atoms with Gasteiger partial charge in [0, 0.05) is 31.5 Å². The Labute approximate surface area is 231 Å². The molecule has 2 bridgehead atoms. The molecule has 8 heteroatoms. The van der Waals surface area contributed by atoms with Gasteiger partial charge in [-0.05, 0) is 68.7 Å². The molecular formula is C31H43N3O5. The van der Waals surface area contributed by atoms with Crippen LogP contribution in [0.1, 0.15) is 57.6 Å². The molecule has 212 valence electrons. The number of benzene rings is 1. The van der Waals surface area contributed by atoms with Crippen LogP contribution >= 0.6 is 0 Å². The number of hydrogen-bond acceptors (Lipinski definition) is 5. The van der Waals surface area contributed by atoms with E-state index in [9.17, 15) is 14.4 Å². The summed E-state index contributed by atoms with van der Waals surface area (Å²) in [6, 6.07) is 5.02. The van der Waals surface area contributed by atoms with E-state index < -0.39 is 29.6 Å². The van der Waals surface area contributed by atoms with Gasteiger partial charge in [0.25, 0.3) is 0 Å². The Bertz CT molecular complexity index is 1150. The molecule has 39 heavy (non-hydrogen) atoms. The highest BCUT2D eigenvalue weighted by Gasteiger charge is 2.72. The van der Waals surface area contributed by atoms with Gasteiger partial charge in [-0.2, -0.15) is 0 Å². The van der Waals surface area contributed by atoms with E-state index in [1.54, 1.807) is 4.90 Å². The number of rotatable bonds is 9. The summed E-state index contributed by atoms with van der Waals surface area (Å²) < 4.78 is 12.0. The van der Waals surface area contributed by atoms with Crippen LogP contribution in [0, 0.1) is 37.5 Å². The number of ether oxygens (including phenoxy) is 2. The second-order valence-electron chi connectivity index (χ2n) is 12.0. The van der Waals surface area contributed by atoms with Gasteiger partial charge < -0.3 is 25.0 Å². The highest BCUT2D eigenvalue weighted by molar-refractivity contribution is 6.02. The van der Waals surface area contributed by atoms with E-state index in [0.29, 0.717) is 43.7 Å². The number of likely N-dealkylation sites (tertiary alicyclic amines) is 1. The van der Waals surface area contributed by atoms with Crippen molar-refractivity contribution in [2.75, 3.05) is 25.1 Å². The molecule has 2 saturated heterocycles. The molecule has 3 aliphatic heterocycles. The topological polar surface area (TPSA) is 97.0 Å². The molecule has 5 rings (SSSR count). The van der Waals surface area contributed by atoms with E-state index in [0.717, 1.165) is 30.4 Å². The molecule has 3 amide bonds. The van der Waals surface area contributed by atoms with Crippen LogP contribution in [0.15, 0.2) is 30.4 Å². The van der Waals surface area contributed by atoms with Gasteiger partial charge in [-0.1, -0.05) is 44.9 Å². The van der Waals surface area contributed by atoms with E-state index in [2.05, 4.69) is 24.5 Å². The highest BCUT2D eigenvalue weighted by Crippen LogP contribution is 2.55. The van der Waals surface area contributed by atoms with Crippen LogP contribution in [0.2, 0.25) is 0 Å². The first-order valence-corrected chi connectivity index (χ1v) is 14.6. The number of carbonyl (C=O) groups excluding carboxylic acids is 3. The zero-order valence-corrected chi connectivity index (χ0v) is 23.9. The van der Waals surface area contributed by atoms with Crippen LogP contribution in [0.4, 0.5) is 5.69 Å². The van der Waals surface area contributed by atoms with Crippen LogP contribution in [-0.4, -0.2) is 66.2 Å². The molecule has 1 saturated carbocycles. The third-order valence-corrected chi connectivity index (χ3v) is 9.63. The summed E-state index contributed by atoms with van der Waals surface area (Å²) in [4.78, 5) is 43.4. The van der Waals surface area contributed by atoms with E-state index in [1.807, 2.05) is 51.1 Å². The first-order valence-electron chi connectivity index (χ1n) is 14.6. The van der Waals surface area contributed by atoms with Crippen molar-refractivity contribution >= 4 is 23.4 Å². The van der Waals surface area contributed by atoms with E-state index >= 15 is 0 Å². The number of fused-ring (bicyclic) bond motifs is 1.